The Bertz CT molecular complexity index is 1590. The monoisotopic (exact) mass is 528 g/mol. The third-order valence-electron chi connectivity index (χ3n) is 9.16. The molecule has 0 radical (unpaired) electrons. The highest BCUT2D eigenvalue weighted by Gasteiger charge is 2.41. The van der Waals surface area contributed by atoms with Crippen LogP contribution >= 0.6 is 0 Å². The maximum Gasteiger partial charge on any atom is 0.259 e. The lowest BCUT2D eigenvalue weighted by atomic mass is 9.70. The summed E-state index contributed by atoms with van der Waals surface area (Å²) in [6.07, 6.45) is 9.70. The fraction of sp³-hybridized carbons (Fsp3) is 0.484. The molecule has 3 fully saturated rings. The molecule has 2 aromatic carbocycles. The van der Waals surface area contributed by atoms with Crippen LogP contribution < -0.4 is 10.2 Å². The Morgan fingerprint density at radius 2 is 1.95 bits per heavy atom. The molecule has 1 saturated carbocycles. The van der Waals surface area contributed by atoms with E-state index in [9.17, 15) is 14.4 Å². The highest BCUT2D eigenvalue weighted by Crippen LogP contribution is 2.42. The number of hydrogen-bond donors (Lipinski definition) is 1. The van der Waals surface area contributed by atoms with Crippen molar-refractivity contribution < 1.29 is 18.5 Å². The number of amides is 3. The molecular weight excluding hydrogens is 490 g/mol. The van der Waals surface area contributed by atoms with Crippen LogP contribution in [0.3, 0.4) is 0 Å². The number of carbonyl (C=O) groups excluding carboxylic acids is 3. The summed E-state index contributed by atoms with van der Waals surface area (Å²) < 4.78 is 26.1. The fourth-order valence-corrected chi connectivity index (χ4v) is 6.88. The first-order valence-electron chi connectivity index (χ1n) is 15.6. The van der Waals surface area contributed by atoms with Gasteiger partial charge < -0.3 is 4.90 Å². The molecule has 8 heteroatoms. The smallest absolute Gasteiger partial charge is 0.259 e. The molecule has 1 aliphatic carbocycles. The second-order valence-electron chi connectivity index (χ2n) is 11.8. The molecule has 39 heavy (non-hydrogen) atoms. The van der Waals surface area contributed by atoms with E-state index in [-0.39, 0.29) is 24.3 Å². The number of nitrogens with one attached hydrogen (secondary N) is 1. The van der Waals surface area contributed by atoms with Crippen LogP contribution in [-0.2, 0) is 16.0 Å². The molecule has 3 aromatic rings. The van der Waals surface area contributed by atoms with Crippen molar-refractivity contribution in [1.29, 1.82) is 0 Å². The van der Waals surface area contributed by atoms with E-state index in [1.54, 1.807) is 11.0 Å². The third-order valence-corrected chi connectivity index (χ3v) is 9.16. The molecule has 7 rings (SSSR count). The van der Waals surface area contributed by atoms with Crippen molar-refractivity contribution in [1.82, 2.24) is 20.0 Å². The number of aromatic nitrogens is 2. The molecule has 8 nitrogen and oxygen atoms in total. The van der Waals surface area contributed by atoms with Crippen LogP contribution in [0, 0.1) is 5.41 Å². The number of likely N-dealkylation sites (tertiary alicyclic amines) is 1. The summed E-state index contributed by atoms with van der Waals surface area (Å²) in [4.78, 5) is 41.6. The second-order valence-corrected chi connectivity index (χ2v) is 11.8. The van der Waals surface area contributed by atoms with E-state index >= 15 is 0 Å². The summed E-state index contributed by atoms with van der Waals surface area (Å²) in [6, 6.07) is 9.24. The Balaban J connectivity index is 1.06. The van der Waals surface area contributed by atoms with Crippen LogP contribution in [0.15, 0.2) is 42.7 Å². The maximum absolute atomic E-state index is 13.4. The summed E-state index contributed by atoms with van der Waals surface area (Å²) in [5.74, 6) is -0.936. The number of benzene rings is 2. The maximum atomic E-state index is 13.4. The topological polar surface area (TPSA) is 87.5 Å². The third kappa shape index (κ3) is 4.25. The van der Waals surface area contributed by atoms with Gasteiger partial charge in [-0.1, -0.05) is 31.5 Å². The van der Waals surface area contributed by atoms with Crippen LogP contribution in [0.25, 0.3) is 10.8 Å². The lowest BCUT2D eigenvalue weighted by Crippen LogP contribution is -2.53. The zero-order valence-electron chi connectivity index (χ0n) is 25.0. The zero-order valence-corrected chi connectivity index (χ0v) is 22.0. The minimum Gasteiger partial charge on any atom is -0.303 e. The van der Waals surface area contributed by atoms with Crippen molar-refractivity contribution in [3.05, 3.63) is 59.4 Å². The highest BCUT2D eigenvalue weighted by molar-refractivity contribution is 6.27. The average molecular weight is 529 g/mol. The van der Waals surface area contributed by atoms with E-state index in [1.165, 1.54) is 0 Å². The minimum atomic E-state index is -1.89. The Morgan fingerprint density at radius 1 is 1.10 bits per heavy atom. The fourth-order valence-electron chi connectivity index (χ4n) is 6.88. The SMILES string of the molecule is [2H]C([2H])([2H])C1(CN2CCC(n3cc(Cc4ccc5c6c(cccc46)C(=O)N5C4CCC(=O)NC4=O)cn3)CC2)CCC1. The predicted octanol–water partition coefficient (Wildman–Crippen LogP) is 4.22. The lowest BCUT2D eigenvalue weighted by molar-refractivity contribution is -0.134. The largest absolute Gasteiger partial charge is 0.303 e. The van der Waals surface area contributed by atoms with Gasteiger partial charge in [-0.15, -0.1) is 0 Å². The van der Waals surface area contributed by atoms with Crippen LogP contribution in [0.1, 0.15) is 83.4 Å². The molecule has 3 aliphatic heterocycles. The second kappa shape index (κ2) is 9.30. The Morgan fingerprint density at radius 3 is 2.69 bits per heavy atom. The number of piperidine rings is 2. The zero-order chi connectivity index (χ0) is 29.2. The molecule has 4 aliphatic rings. The molecule has 1 aromatic heterocycles. The first-order valence-corrected chi connectivity index (χ1v) is 14.1. The predicted molar refractivity (Wildman–Crippen MR) is 149 cm³/mol. The molecular formula is C31H35N5O3. The number of rotatable bonds is 6. The average Bonchev–Trinajstić information content (AvgIpc) is 3.51. The van der Waals surface area contributed by atoms with Gasteiger partial charge in [-0.3, -0.25) is 29.3 Å². The van der Waals surface area contributed by atoms with Gasteiger partial charge in [0.25, 0.3) is 5.91 Å². The van der Waals surface area contributed by atoms with Crippen molar-refractivity contribution in [2.75, 3.05) is 24.5 Å². The number of carbonyl (C=O) groups is 3. The van der Waals surface area contributed by atoms with Crippen LogP contribution in [0.5, 0.6) is 0 Å². The van der Waals surface area contributed by atoms with Gasteiger partial charge in [-0.25, -0.2) is 0 Å². The number of hydrogen-bond acceptors (Lipinski definition) is 5. The van der Waals surface area contributed by atoms with Gasteiger partial charge in [-0.05, 0) is 66.2 Å². The van der Waals surface area contributed by atoms with Crippen LogP contribution in [0.2, 0.25) is 0 Å². The normalized spacial score (nSPS) is 24.8. The Labute approximate surface area is 232 Å². The van der Waals surface area contributed by atoms with Gasteiger partial charge in [0, 0.05) is 53.7 Å². The number of nitrogens with zero attached hydrogens (tertiary/aromatic N) is 4. The van der Waals surface area contributed by atoms with E-state index in [4.69, 9.17) is 9.21 Å². The number of anilines is 1. The van der Waals surface area contributed by atoms with E-state index in [2.05, 4.69) is 21.1 Å². The standard InChI is InChI=1S/C31H35N5O3/c1-31(12-3-13-31)19-34-14-10-22(11-15-34)35-18-20(17-32-35)16-21-6-7-25-28-23(21)4-2-5-24(28)30(39)36(25)26-8-9-27(37)33-29(26)38/h2,4-7,17-18,22,26H,3,8-16,19H2,1H3,(H,33,37,38)/i1D3. The molecule has 1 atom stereocenters. The molecule has 4 heterocycles. The van der Waals surface area contributed by atoms with E-state index < -0.39 is 24.2 Å². The van der Waals surface area contributed by atoms with Gasteiger partial charge in [0.15, 0.2) is 0 Å². The van der Waals surface area contributed by atoms with E-state index in [1.807, 2.05) is 30.5 Å². The summed E-state index contributed by atoms with van der Waals surface area (Å²) >= 11 is 0. The van der Waals surface area contributed by atoms with Crippen molar-refractivity contribution in [3.8, 4) is 0 Å². The molecule has 2 saturated heterocycles. The molecule has 1 unspecified atom stereocenters. The van der Waals surface area contributed by atoms with Crippen molar-refractivity contribution in [3.63, 3.8) is 0 Å². The lowest BCUT2D eigenvalue weighted by Gasteiger charge is -2.44. The first kappa shape index (κ1) is 21.3. The summed E-state index contributed by atoms with van der Waals surface area (Å²) in [7, 11) is 0. The highest BCUT2D eigenvalue weighted by atomic mass is 16.2. The Kier molecular flexibility index (Phi) is 5.08. The molecule has 202 valence electrons. The summed E-state index contributed by atoms with van der Waals surface area (Å²) in [5.41, 5.74) is 2.94. The molecule has 0 spiro atoms. The van der Waals surface area contributed by atoms with Crippen molar-refractivity contribution in [2.24, 2.45) is 5.41 Å². The molecule has 0 bridgehead atoms. The van der Waals surface area contributed by atoms with Crippen LogP contribution in [-0.4, -0.2) is 58.1 Å². The van der Waals surface area contributed by atoms with Gasteiger partial charge in [-0.2, -0.15) is 5.10 Å². The summed E-state index contributed by atoms with van der Waals surface area (Å²) in [6.45, 7) is 0.530. The van der Waals surface area contributed by atoms with Gasteiger partial charge in [0.2, 0.25) is 11.8 Å². The van der Waals surface area contributed by atoms with Crippen LogP contribution in [0.4, 0.5) is 5.69 Å². The van der Waals surface area contributed by atoms with Gasteiger partial charge in [0.1, 0.15) is 6.04 Å². The number of imide groups is 1. The quantitative estimate of drug-likeness (QED) is 0.484. The van der Waals surface area contributed by atoms with E-state index in [0.29, 0.717) is 30.6 Å². The molecule has 3 amide bonds. The van der Waals surface area contributed by atoms with Crippen molar-refractivity contribution in [2.45, 2.75) is 70.3 Å². The summed E-state index contributed by atoms with van der Waals surface area (Å²) in [5, 5.41) is 8.91. The minimum absolute atomic E-state index is 0.205. The Hall–Kier alpha value is -3.52. The van der Waals surface area contributed by atoms with Gasteiger partial charge >= 0.3 is 0 Å². The first-order chi connectivity index (χ1) is 20.1. The van der Waals surface area contributed by atoms with Crippen molar-refractivity contribution >= 4 is 34.2 Å². The van der Waals surface area contributed by atoms with E-state index in [0.717, 1.165) is 67.1 Å². The molecule has 1 N–H and O–H groups in total. The van der Waals surface area contributed by atoms with Gasteiger partial charge in [0.05, 0.1) is 17.9 Å².